The van der Waals surface area contributed by atoms with Gasteiger partial charge in [-0.2, -0.15) is 0 Å². The van der Waals surface area contributed by atoms with Gasteiger partial charge in [-0.1, -0.05) is 42.8 Å². The lowest BCUT2D eigenvalue weighted by Crippen LogP contribution is -2.29. The second kappa shape index (κ2) is 9.61. The molecular weight excluding hydrogens is 454 g/mol. The first kappa shape index (κ1) is 23.4. The Balaban J connectivity index is 1.96. The van der Waals surface area contributed by atoms with Gasteiger partial charge in [0.15, 0.2) is 0 Å². The number of benzene rings is 3. The van der Waals surface area contributed by atoms with E-state index in [1.807, 2.05) is 19.1 Å². The Labute approximate surface area is 203 Å². The summed E-state index contributed by atoms with van der Waals surface area (Å²) in [4.78, 5) is 28.0. The third kappa shape index (κ3) is 4.13. The van der Waals surface area contributed by atoms with E-state index in [1.54, 1.807) is 48.5 Å². The molecule has 3 aromatic rings. The number of methoxy groups -OCH3 is 2. The fourth-order valence-electron chi connectivity index (χ4n) is 4.08. The number of aliphatic hydroxyl groups is 1. The highest BCUT2D eigenvalue weighted by atomic mass is 35.5. The molecular formula is C27H24ClNO5. The van der Waals surface area contributed by atoms with E-state index < -0.39 is 17.7 Å². The zero-order chi connectivity index (χ0) is 24.4. The van der Waals surface area contributed by atoms with Gasteiger partial charge >= 0.3 is 0 Å². The maximum absolute atomic E-state index is 13.3. The van der Waals surface area contributed by atoms with E-state index in [9.17, 15) is 14.7 Å². The number of ketones is 1. The average molecular weight is 478 g/mol. The normalized spacial score (nSPS) is 17.2. The Morgan fingerprint density at radius 1 is 0.971 bits per heavy atom. The zero-order valence-corrected chi connectivity index (χ0v) is 19.8. The number of hydrogen-bond acceptors (Lipinski definition) is 5. The second-order valence-corrected chi connectivity index (χ2v) is 8.22. The fraction of sp³-hybridized carbons (Fsp3) is 0.185. The predicted molar refractivity (Wildman–Crippen MR) is 132 cm³/mol. The van der Waals surface area contributed by atoms with Crippen LogP contribution in [0.2, 0.25) is 5.02 Å². The van der Waals surface area contributed by atoms with Crippen molar-refractivity contribution in [2.75, 3.05) is 19.1 Å². The Kier molecular flexibility index (Phi) is 6.61. The van der Waals surface area contributed by atoms with Gasteiger partial charge < -0.3 is 14.6 Å². The Bertz CT molecular complexity index is 1280. The SMILES string of the molecule is CCc1ccc(N2C(=O)C(=O)/C(=C(/O)c3cc(OC)ccc3Cl)C2c2cccc(OC)c2)cc1. The molecule has 1 fully saturated rings. The number of anilines is 1. The number of carbonyl (C=O) groups excluding carboxylic acids is 2. The summed E-state index contributed by atoms with van der Waals surface area (Å²) >= 11 is 6.36. The smallest absolute Gasteiger partial charge is 0.300 e. The summed E-state index contributed by atoms with van der Waals surface area (Å²) in [6, 6.07) is 18.4. The molecule has 6 nitrogen and oxygen atoms in total. The van der Waals surface area contributed by atoms with Gasteiger partial charge in [-0.3, -0.25) is 14.5 Å². The van der Waals surface area contributed by atoms with Gasteiger partial charge in [-0.05, 0) is 60.0 Å². The highest BCUT2D eigenvalue weighted by molar-refractivity contribution is 6.52. The van der Waals surface area contributed by atoms with E-state index in [-0.39, 0.29) is 21.9 Å². The standard InChI is InChI=1S/C27H24ClNO5/c1-4-16-8-10-18(11-9-16)29-24(17-6-5-7-19(14-17)33-2)23(26(31)27(29)32)25(30)21-15-20(34-3)12-13-22(21)28/h5-15,24,30H,4H2,1-3H3/b25-23+. The molecule has 174 valence electrons. The molecule has 1 N–H and O–H groups in total. The number of ether oxygens (including phenoxy) is 2. The van der Waals surface area contributed by atoms with Crippen LogP contribution in [0.3, 0.4) is 0 Å². The van der Waals surface area contributed by atoms with E-state index in [0.29, 0.717) is 22.7 Å². The van der Waals surface area contributed by atoms with Gasteiger partial charge in [0.2, 0.25) is 0 Å². The van der Waals surface area contributed by atoms with Crippen molar-refractivity contribution in [3.63, 3.8) is 0 Å². The first-order valence-electron chi connectivity index (χ1n) is 10.8. The number of hydrogen-bond donors (Lipinski definition) is 1. The summed E-state index contributed by atoms with van der Waals surface area (Å²) in [5, 5.41) is 11.5. The molecule has 1 amide bonds. The van der Waals surface area contributed by atoms with Crippen LogP contribution >= 0.6 is 11.6 Å². The quantitative estimate of drug-likeness (QED) is 0.286. The molecule has 4 rings (SSSR count). The van der Waals surface area contributed by atoms with E-state index >= 15 is 0 Å². The maximum Gasteiger partial charge on any atom is 0.300 e. The topological polar surface area (TPSA) is 76.1 Å². The summed E-state index contributed by atoms with van der Waals surface area (Å²) in [5.74, 6) is -0.902. The number of Topliss-reactive ketones (excluding diaryl/α,β-unsaturated/α-hetero) is 1. The van der Waals surface area contributed by atoms with Crippen molar-refractivity contribution in [1.82, 2.24) is 0 Å². The Hall–Kier alpha value is -3.77. The van der Waals surface area contributed by atoms with Gasteiger partial charge in [0.05, 0.1) is 30.9 Å². The monoisotopic (exact) mass is 477 g/mol. The molecule has 0 aromatic heterocycles. The van der Waals surface area contributed by atoms with Crippen molar-refractivity contribution in [2.45, 2.75) is 19.4 Å². The lowest BCUT2D eigenvalue weighted by Gasteiger charge is -2.26. The van der Waals surface area contributed by atoms with Crippen LogP contribution in [-0.4, -0.2) is 31.0 Å². The molecule has 1 heterocycles. The summed E-state index contributed by atoms with van der Waals surface area (Å²) < 4.78 is 10.6. The Morgan fingerprint density at radius 2 is 1.65 bits per heavy atom. The first-order valence-corrected chi connectivity index (χ1v) is 11.1. The molecule has 7 heteroatoms. The lowest BCUT2D eigenvalue weighted by atomic mass is 9.94. The van der Waals surface area contributed by atoms with Crippen molar-refractivity contribution < 1.29 is 24.2 Å². The van der Waals surface area contributed by atoms with Crippen LogP contribution in [0.15, 0.2) is 72.3 Å². The van der Waals surface area contributed by atoms with E-state index in [2.05, 4.69) is 0 Å². The Morgan fingerprint density at radius 3 is 2.29 bits per heavy atom. The summed E-state index contributed by atoms with van der Waals surface area (Å²) in [7, 11) is 3.03. The van der Waals surface area contributed by atoms with Gasteiger partial charge in [0.25, 0.3) is 11.7 Å². The van der Waals surface area contributed by atoms with Crippen molar-refractivity contribution in [3.8, 4) is 11.5 Å². The molecule has 1 saturated heterocycles. The van der Waals surface area contributed by atoms with Crippen LogP contribution in [0.4, 0.5) is 5.69 Å². The number of carbonyl (C=O) groups is 2. The van der Waals surface area contributed by atoms with Crippen molar-refractivity contribution >= 4 is 34.7 Å². The van der Waals surface area contributed by atoms with Gasteiger partial charge in [-0.25, -0.2) is 0 Å². The minimum Gasteiger partial charge on any atom is -0.507 e. The van der Waals surface area contributed by atoms with Crippen LogP contribution in [-0.2, 0) is 16.0 Å². The number of aliphatic hydroxyl groups excluding tert-OH is 1. The molecule has 34 heavy (non-hydrogen) atoms. The van der Waals surface area contributed by atoms with Crippen LogP contribution < -0.4 is 14.4 Å². The molecule has 0 bridgehead atoms. The molecule has 0 spiro atoms. The average Bonchev–Trinajstić information content (AvgIpc) is 3.14. The maximum atomic E-state index is 13.3. The molecule has 1 unspecified atom stereocenters. The minimum absolute atomic E-state index is 0.0621. The molecule has 0 radical (unpaired) electrons. The van der Waals surface area contributed by atoms with Crippen LogP contribution in [0, 0.1) is 0 Å². The minimum atomic E-state index is -0.884. The predicted octanol–water partition coefficient (Wildman–Crippen LogP) is 5.55. The molecule has 1 aliphatic rings. The second-order valence-electron chi connectivity index (χ2n) is 7.81. The van der Waals surface area contributed by atoms with Crippen LogP contribution in [0.25, 0.3) is 5.76 Å². The third-order valence-corrected chi connectivity index (χ3v) is 6.23. The number of amides is 1. The van der Waals surface area contributed by atoms with E-state index in [4.69, 9.17) is 21.1 Å². The number of halogens is 1. The van der Waals surface area contributed by atoms with E-state index in [0.717, 1.165) is 12.0 Å². The van der Waals surface area contributed by atoms with Gasteiger partial charge in [0.1, 0.15) is 17.3 Å². The van der Waals surface area contributed by atoms with Crippen LogP contribution in [0.5, 0.6) is 11.5 Å². The fourth-order valence-corrected chi connectivity index (χ4v) is 4.28. The third-order valence-electron chi connectivity index (χ3n) is 5.91. The first-order chi connectivity index (χ1) is 16.4. The largest absolute Gasteiger partial charge is 0.507 e. The van der Waals surface area contributed by atoms with Crippen molar-refractivity contribution in [1.29, 1.82) is 0 Å². The summed E-state index contributed by atoms with van der Waals surface area (Å²) in [6.45, 7) is 2.04. The van der Waals surface area contributed by atoms with Gasteiger partial charge in [-0.15, -0.1) is 0 Å². The summed E-state index contributed by atoms with van der Waals surface area (Å²) in [6.07, 6.45) is 0.840. The highest BCUT2D eigenvalue weighted by Gasteiger charge is 2.47. The molecule has 0 saturated carbocycles. The highest BCUT2D eigenvalue weighted by Crippen LogP contribution is 2.44. The van der Waals surface area contributed by atoms with Crippen molar-refractivity contribution in [2.24, 2.45) is 0 Å². The van der Waals surface area contributed by atoms with E-state index in [1.165, 1.54) is 25.2 Å². The molecule has 0 aliphatic carbocycles. The number of nitrogens with zero attached hydrogens (tertiary/aromatic N) is 1. The zero-order valence-electron chi connectivity index (χ0n) is 19.0. The summed E-state index contributed by atoms with van der Waals surface area (Å²) in [5.41, 5.74) is 2.39. The number of aryl methyl sites for hydroxylation is 1. The molecule has 3 aromatic carbocycles. The van der Waals surface area contributed by atoms with Gasteiger partial charge in [0, 0.05) is 11.3 Å². The molecule has 1 aliphatic heterocycles. The van der Waals surface area contributed by atoms with Crippen molar-refractivity contribution in [3.05, 3.63) is 94.0 Å². The number of rotatable bonds is 6. The van der Waals surface area contributed by atoms with Crippen LogP contribution in [0.1, 0.15) is 29.7 Å². The molecule has 1 atom stereocenters. The lowest BCUT2D eigenvalue weighted by molar-refractivity contribution is -0.132.